The van der Waals surface area contributed by atoms with Crippen molar-refractivity contribution in [3.05, 3.63) is 14.8 Å². The second-order valence-corrected chi connectivity index (χ2v) is 5.81. The molecule has 10 nitrogen and oxygen atoms in total. The molecule has 0 saturated carbocycles. The lowest BCUT2D eigenvalue weighted by Crippen LogP contribution is -2.60. The monoisotopic (exact) mass is 395 g/mol. The largest absolute Gasteiger partial charge is 0.468 e. The Balaban J connectivity index is 2.31. The molecule has 0 aliphatic carbocycles. The highest BCUT2D eigenvalue weighted by Gasteiger charge is 2.43. The highest BCUT2D eigenvalue weighted by atomic mass is 79.9. The van der Waals surface area contributed by atoms with Gasteiger partial charge in [0.2, 0.25) is 0 Å². The van der Waals surface area contributed by atoms with E-state index in [-0.39, 0.29) is 16.3 Å². The first-order valence-corrected chi connectivity index (χ1v) is 7.48. The average molecular weight is 396 g/mol. The summed E-state index contributed by atoms with van der Waals surface area (Å²) < 4.78 is 11.5. The van der Waals surface area contributed by atoms with Crippen LogP contribution in [0.5, 0.6) is 6.01 Å². The van der Waals surface area contributed by atoms with E-state index < -0.39 is 42.8 Å². The number of aliphatic hydroxyl groups excluding tert-OH is 4. The number of methoxy groups -OCH3 is 1. The fraction of sp³-hybridized carbons (Fsp3) is 0.667. The second kappa shape index (κ2) is 7.11. The number of halogens is 1. The number of anilines is 1. The van der Waals surface area contributed by atoms with Gasteiger partial charge in [-0.3, -0.25) is 9.36 Å². The normalized spacial score (nSPS) is 31.0. The maximum absolute atomic E-state index is 12.1. The van der Waals surface area contributed by atoms with E-state index in [0.717, 1.165) is 0 Å². The third-order valence-corrected chi connectivity index (χ3v) is 4.26. The van der Waals surface area contributed by atoms with Crippen molar-refractivity contribution in [2.45, 2.75) is 30.6 Å². The highest BCUT2D eigenvalue weighted by molar-refractivity contribution is 9.10. The molecule has 1 fully saturated rings. The predicted octanol–water partition coefficient (Wildman–Crippen LogP) is -2.24. The van der Waals surface area contributed by atoms with Gasteiger partial charge >= 0.3 is 6.01 Å². The van der Waals surface area contributed by atoms with Crippen LogP contribution in [-0.4, -0.2) is 74.3 Å². The minimum absolute atomic E-state index is 0.0188. The van der Waals surface area contributed by atoms with E-state index in [1.165, 1.54) is 18.7 Å². The fourth-order valence-electron chi connectivity index (χ4n) is 2.19. The van der Waals surface area contributed by atoms with Gasteiger partial charge in [0.1, 0.15) is 28.9 Å². The minimum Gasteiger partial charge on any atom is -0.468 e. The summed E-state index contributed by atoms with van der Waals surface area (Å²) in [7, 11) is 2.81. The first-order valence-electron chi connectivity index (χ1n) is 6.69. The quantitative estimate of drug-likeness (QED) is 0.381. The number of nitrogens with one attached hydrogen (secondary N) is 1. The van der Waals surface area contributed by atoms with E-state index in [4.69, 9.17) is 14.6 Å². The molecule has 0 bridgehead atoms. The molecule has 5 N–H and O–H groups in total. The van der Waals surface area contributed by atoms with Crippen molar-refractivity contribution in [2.24, 2.45) is 7.05 Å². The van der Waals surface area contributed by atoms with Gasteiger partial charge in [-0.1, -0.05) is 0 Å². The molecule has 11 heteroatoms. The lowest BCUT2D eigenvalue weighted by molar-refractivity contribution is -0.221. The Morgan fingerprint density at radius 2 is 2.00 bits per heavy atom. The SMILES string of the molecule is COc1nc(N[C@H]2O[C@@H](CO)[C@@H](O)[C@@H](O)[C@H]2O)c(Br)c(=O)n1C. The first-order chi connectivity index (χ1) is 10.8. The molecular weight excluding hydrogens is 378 g/mol. The summed E-state index contributed by atoms with van der Waals surface area (Å²) in [4.78, 5) is 16.1. The number of hydrogen-bond acceptors (Lipinski definition) is 9. The summed E-state index contributed by atoms with van der Waals surface area (Å²) in [6.45, 7) is -0.558. The zero-order valence-corrected chi connectivity index (χ0v) is 14.0. The van der Waals surface area contributed by atoms with E-state index >= 15 is 0 Å². The minimum atomic E-state index is -1.54. The van der Waals surface area contributed by atoms with Crippen LogP contribution in [0.4, 0.5) is 5.82 Å². The summed E-state index contributed by atoms with van der Waals surface area (Å²) in [6, 6.07) is 0.0188. The molecule has 0 aromatic carbocycles. The molecule has 0 amide bonds. The molecule has 23 heavy (non-hydrogen) atoms. The Morgan fingerprint density at radius 3 is 2.57 bits per heavy atom. The molecule has 2 heterocycles. The van der Waals surface area contributed by atoms with Gasteiger partial charge in [-0.25, -0.2) is 0 Å². The second-order valence-electron chi connectivity index (χ2n) is 5.02. The Bertz CT molecular complexity index is 623. The molecule has 5 atom stereocenters. The van der Waals surface area contributed by atoms with Gasteiger partial charge in [-0.2, -0.15) is 4.98 Å². The maximum Gasteiger partial charge on any atom is 0.300 e. The number of rotatable bonds is 4. The summed E-state index contributed by atoms with van der Waals surface area (Å²) >= 11 is 3.09. The van der Waals surface area contributed by atoms with E-state index in [1.807, 2.05) is 0 Å². The topological polar surface area (TPSA) is 146 Å². The highest BCUT2D eigenvalue weighted by Crippen LogP contribution is 2.25. The third kappa shape index (κ3) is 3.34. The summed E-state index contributed by atoms with van der Waals surface area (Å²) in [6.07, 6.45) is -6.78. The smallest absolute Gasteiger partial charge is 0.300 e. The fourth-order valence-corrected chi connectivity index (χ4v) is 2.66. The van der Waals surface area contributed by atoms with Crippen molar-refractivity contribution in [3.8, 4) is 6.01 Å². The molecular formula is C12H18BrN3O7. The number of nitrogens with zero attached hydrogens (tertiary/aromatic N) is 2. The molecule has 1 aliphatic rings. The van der Waals surface area contributed by atoms with Gasteiger partial charge in [0.05, 0.1) is 13.7 Å². The van der Waals surface area contributed by atoms with Crippen LogP contribution in [-0.2, 0) is 11.8 Å². The predicted molar refractivity (Wildman–Crippen MR) is 81.1 cm³/mol. The van der Waals surface area contributed by atoms with E-state index in [9.17, 15) is 20.1 Å². The Labute approximate surface area is 139 Å². The van der Waals surface area contributed by atoms with Gasteiger partial charge in [0.25, 0.3) is 5.56 Å². The van der Waals surface area contributed by atoms with Crippen molar-refractivity contribution in [1.82, 2.24) is 9.55 Å². The average Bonchev–Trinajstić information content (AvgIpc) is 2.55. The van der Waals surface area contributed by atoms with Crippen LogP contribution in [0.15, 0.2) is 9.27 Å². The zero-order chi connectivity index (χ0) is 17.3. The molecule has 0 spiro atoms. The van der Waals surface area contributed by atoms with Crippen LogP contribution < -0.4 is 15.6 Å². The molecule has 1 aromatic rings. The van der Waals surface area contributed by atoms with Crippen LogP contribution in [0.2, 0.25) is 0 Å². The van der Waals surface area contributed by atoms with Crippen molar-refractivity contribution >= 4 is 21.7 Å². The lowest BCUT2D eigenvalue weighted by Gasteiger charge is -2.40. The summed E-state index contributed by atoms with van der Waals surface area (Å²) in [5.74, 6) is 0.0225. The zero-order valence-electron chi connectivity index (χ0n) is 12.4. The van der Waals surface area contributed by atoms with Crippen molar-refractivity contribution in [2.75, 3.05) is 19.0 Å². The van der Waals surface area contributed by atoms with Gasteiger partial charge < -0.3 is 35.2 Å². The van der Waals surface area contributed by atoms with E-state index in [2.05, 4.69) is 26.2 Å². The first kappa shape index (κ1) is 18.1. The van der Waals surface area contributed by atoms with Crippen molar-refractivity contribution in [3.63, 3.8) is 0 Å². The standard InChI is InChI=1S/C12H18BrN3O7/c1-16-11(21)5(13)9(15-12(16)22-2)14-10-8(20)7(19)6(18)4(3-17)23-10/h4,6-8,10,14,17-20H,3H2,1-2H3/t4-,6+,7+,8+,10-/m0/s1. The van der Waals surface area contributed by atoms with Gasteiger partial charge in [0, 0.05) is 7.05 Å². The van der Waals surface area contributed by atoms with E-state index in [1.54, 1.807) is 0 Å². The number of hydrogen-bond donors (Lipinski definition) is 5. The molecule has 0 unspecified atom stereocenters. The Hall–Kier alpha value is -1.24. The van der Waals surface area contributed by atoms with Crippen LogP contribution in [0, 0.1) is 0 Å². The Morgan fingerprint density at radius 1 is 1.35 bits per heavy atom. The van der Waals surface area contributed by atoms with Gasteiger partial charge in [-0.15, -0.1) is 0 Å². The van der Waals surface area contributed by atoms with E-state index in [0.29, 0.717) is 0 Å². The molecule has 130 valence electrons. The van der Waals surface area contributed by atoms with Crippen molar-refractivity contribution in [1.29, 1.82) is 0 Å². The van der Waals surface area contributed by atoms with Crippen LogP contribution >= 0.6 is 15.9 Å². The van der Waals surface area contributed by atoms with Gasteiger partial charge in [-0.05, 0) is 15.9 Å². The van der Waals surface area contributed by atoms with Crippen molar-refractivity contribution < 1.29 is 29.9 Å². The number of aromatic nitrogens is 2. The maximum atomic E-state index is 12.1. The molecule has 0 radical (unpaired) electrons. The van der Waals surface area contributed by atoms with Gasteiger partial charge in [0.15, 0.2) is 12.0 Å². The number of aliphatic hydroxyl groups is 4. The third-order valence-electron chi connectivity index (χ3n) is 3.55. The summed E-state index contributed by atoms with van der Waals surface area (Å²) in [5.41, 5.74) is -0.441. The lowest BCUT2D eigenvalue weighted by atomic mass is 9.98. The molecule has 1 saturated heterocycles. The van der Waals surface area contributed by atoms with Crippen LogP contribution in [0.3, 0.4) is 0 Å². The molecule has 1 aromatic heterocycles. The Kier molecular flexibility index (Phi) is 5.60. The molecule has 1 aliphatic heterocycles. The van der Waals surface area contributed by atoms with Crippen LogP contribution in [0.1, 0.15) is 0 Å². The molecule has 2 rings (SSSR count). The number of ether oxygens (including phenoxy) is 2. The summed E-state index contributed by atoms with van der Waals surface area (Å²) in [5, 5.41) is 41.3. The van der Waals surface area contributed by atoms with Crippen LogP contribution in [0.25, 0.3) is 0 Å².